The summed E-state index contributed by atoms with van der Waals surface area (Å²) >= 11 is 0. The van der Waals surface area contributed by atoms with E-state index < -0.39 is 12.2 Å². The highest BCUT2D eigenvalue weighted by atomic mass is 19.4. The molecule has 1 amide bonds. The van der Waals surface area contributed by atoms with Crippen molar-refractivity contribution in [3.63, 3.8) is 0 Å². The smallest absolute Gasteiger partial charge is 0.367 e. The summed E-state index contributed by atoms with van der Waals surface area (Å²) in [5, 5.41) is 7.65. The van der Waals surface area contributed by atoms with Gasteiger partial charge in [-0.2, -0.15) is 18.3 Å². The summed E-state index contributed by atoms with van der Waals surface area (Å²) < 4.78 is 44.4. The lowest BCUT2D eigenvalue weighted by Crippen LogP contribution is -2.45. The lowest BCUT2D eigenvalue weighted by Gasteiger charge is -2.39. The summed E-state index contributed by atoms with van der Waals surface area (Å²) in [6, 6.07) is -0.641. The molecule has 2 aromatic rings. The van der Waals surface area contributed by atoms with Crippen molar-refractivity contribution in [3.8, 4) is 0 Å². The van der Waals surface area contributed by atoms with Gasteiger partial charge in [-0.3, -0.25) is 4.79 Å². The molecule has 0 saturated carbocycles. The van der Waals surface area contributed by atoms with E-state index >= 15 is 0 Å². The van der Waals surface area contributed by atoms with Gasteiger partial charge < -0.3 is 14.8 Å². The van der Waals surface area contributed by atoms with Gasteiger partial charge in [0.2, 0.25) is 5.91 Å². The van der Waals surface area contributed by atoms with Gasteiger partial charge in [0.15, 0.2) is 6.04 Å². The molecule has 170 valence electrons. The zero-order valence-corrected chi connectivity index (χ0v) is 18.1. The molecule has 0 aromatic carbocycles. The molecule has 2 aliphatic rings. The van der Waals surface area contributed by atoms with Gasteiger partial charge in [-0.15, -0.1) is 0 Å². The van der Waals surface area contributed by atoms with Gasteiger partial charge in [-0.05, 0) is 31.1 Å². The Balaban J connectivity index is 1.64. The number of nitrogens with zero attached hydrogens (tertiary/aromatic N) is 5. The van der Waals surface area contributed by atoms with Gasteiger partial charge in [-0.1, -0.05) is 20.8 Å². The van der Waals surface area contributed by atoms with Crippen molar-refractivity contribution >= 4 is 11.7 Å². The van der Waals surface area contributed by atoms with Gasteiger partial charge in [0.1, 0.15) is 12.4 Å². The van der Waals surface area contributed by atoms with Crippen LogP contribution in [0.25, 0.3) is 0 Å². The van der Waals surface area contributed by atoms with Crippen LogP contribution in [-0.4, -0.2) is 48.9 Å². The number of amides is 1. The Hall–Kier alpha value is -2.52. The molecule has 0 aliphatic carbocycles. The SMILES string of the molecule is CC(C)(C)[C@@H]1C[C@H](C(F)(F)F)n2nc([C@H]3CCCCN3C(=O)Cn3ccnc3)cc2N1. The number of aromatic nitrogens is 4. The van der Waals surface area contributed by atoms with Crippen LogP contribution >= 0.6 is 0 Å². The Bertz CT molecular complexity index is 915. The van der Waals surface area contributed by atoms with Crippen molar-refractivity contribution < 1.29 is 18.0 Å². The quantitative estimate of drug-likeness (QED) is 0.781. The number of alkyl halides is 3. The highest BCUT2D eigenvalue weighted by molar-refractivity contribution is 5.76. The third-order valence-electron chi connectivity index (χ3n) is 6.30. The van der Waals surface area contributed by atoms with Crippen molar-refractivity contribution in [1.82, 2.24) is 24.2 Å². The number of imidazole rings is 1. The first-order valence-corrected chi connectivity index (χ1v) is 10.7. The Morgan fingerprint density at radius 1 is 1.26 bits per heavy atom. The lowest BCUT2D eigenvalue weighted by molar-refractivity contribution is -0.175. The van der Waals surface area contributed by atoms with Crippen molar-refractivity contribution in [1.29, 1.82) is 0 Å². The number of piperidine rings is 1. The number of hydrogen-bond donors (Lipinski definition) is 1. The Morgan fingerprint density at radius 2 is 2.03 bits per heavy atom. The van der Waals surface area contributed by atoms with E-state index in [2.05, 4.69) is 15.4 Å². The highest BCUT2D eigenvalue weighted by Crippen LogP contribution is 2.44. The molecule has 1 N–H and O–H groups in total. The summed E-state index contributed by atoms with van der Waals surface area (Å²) in [4.78, 5) is 18.7. The standard InChI is InChI=1S/C21H29F3N6O/c1-20(2,3)16-11-17(21(22,23)24)30-18(26-16)10-14(27-30)15-6-4-5-8-29(15)19(31)12-28-9-7-25-13-28/h7,9-10,13,15-17,26H,4-6,8,11-12H2,1-3H3/t15-,16+,17-/m1/s1. The van der Waals surface area contributed by atoms with Crippen LogP contribution in [0.15, 0.2) is 24.8 Å². The molecule has 0 unspecified atom stereocenters. The van der Waals surface area contributed by atoms with Gasteiger partial charge in [0.05, 0.1) is 18.1 Å². The number of nitrogens with one attached hydrogen (secondary N) is 1. The molecule has 31 heavy (non-hydrogen) atoms. The maximum Gasteiger partial charge on any atom is 0.410 e. The van der Waals surface area contributed by atoms with E-state index in [-0.39, 0.29) is 36.4 Å². The summed E-state index contributed by atoms with van der Waals surface area (Å²) in [7, 11) is 0. The Kier molecular flexibility index (Phi) is 5.51. The van der Waals surface area contributed by atoms with E-state index in [1.54, 1.807) is 34.3 Å². The predicted molar refractivity (Wildman–Crippen MR) is 109 cm³/mol. The molecule has 2 aromatic heterocycles. The molecule has 0 radical (unpaired) electrons. The van der Waals surface area contributed by atoms with E-state index in [4.69, 9.17) is 0 Å². The summed E-state index contributed by atoms with van der Waals surface area (Å²) in [6.07, 6.45) is 2.90. The zero-order valence-electron chi connectivity index (χ0n) is 18.1. The average molecular weight is 438 g/mol. The van der Waals surface area contributed by atoms with Crippen LogP contribution in [0.3, 0.4) is 0 Å². The minimum absolute atomic E-state index is 0.0743. The number of likely N-dealkylation sites (tertiary alicyclic amines) is 1. The molecule has 10 heteroatoms. The fraction of sp³-hybridized carbons (Fsp3) is 0.667. The van der Waals surface area contributed by atoms with E-state index in [0.717, 1.165) is 17.5 Å². The molecule has 3 atom stereocenters. The van der Waals surface area contributed by atoms with Crippen molar-refractivity contribution in [2.24, 2.45) is 5.41 Å². The third kappa shape index (κ3) is 4.43. The van der Waals surface area contributed by atoms with E-state index in [0.29, 0.717) is 24.5 Å². The Morgan fingerprint density at radius 3 is 2.68 bits per heavy atom. The first-order chi connectivity index (χ1) is 14.5. The number of carbonyl (C=O) groups excluding carboxylic acids is 1. The normalized spacial score (nSPS) is 24.6. The molecule has 4 heterocycles. The lowest BCUT2D eigenvalue weighted by atomic mass is 9.82. The molecule has 1 saturated heterocycles. The third-order valence-corrected chi connectivity index (χ3v) is 6.30. The number of fused-ring (bicyclic) bond motifs is 1. The maximum atomic E-state index is 13.9. The van der Waals surface area contributed by atoms with Gasteiger partial charge in [0, 0.05) is 31.0 Å². The first kappa shape index (κ1) is 21.7. The topological polar surface area (TPSA) is 68.0 Å². The second kappa shape index (κ2) is 7.87. The van der Waals surface area contributed by atoms with Crippen LogP contribution in [0, 0.1) is 5.41 Å². The van der Waals surface area contributed by atoms with Crippen molar-refractivity contribution in [2.75, 3.05) is 11.9 Å². The fourth-order valence-electron chi connectivity index (χ4n) is 4.49. The number of carbonyl (C=O) groups is 1. The van der Waals surface area contributed by atoms with Gasteiger partial charge in [-0.25, -0.2) is 9.67 Å². The number of rotatable bonds is 3. The molecule has 2 aliphatic heterocycles. The molecule has 1 fully saturated rings. The van der Waals surface area contributed by atoms with Gasteiger partial charge >= 0.3 is 6.18 Å². The van der Waals surface area contributed by atoms with Crippen LogP contribution in [0.4, 0.5) is 19.0 Å². The van der Waals surface area contributed by atoms with Crippen LogP contribution in [0.1, 0.15) is 64.2 Å². The molecular formula is C21H29F3N6O. The van der Waals surface area contributed by atoms with Gasteiger partial charge in [0.25, 0.3) is 0 Å². The summed E-state index contributed by atoms with van der Waals surface area (Å²) in [6.45, 7) is 6.52. The highest BCUT2D eigenvalue weighted by Gasteiger charge is 2.48. The van der Waals surface area contributed by atoms with E-state index in [1.807, 2.05) is 20.8 Å². The maximum absolute atomic E-state index is 13.9. The minimum atomic E-state index is -4.40. The predicted octanol–water partition coefficient (Wildman–Crippen LogP) is 4.17. The molecule has 0 bridgehead atoms. The average Bonchev–Trinajstić information content (AvgIpc) is 3.34. The minimum Gasteiger partial charge on any atom is -0.367 e. The van der Waals surface area contributed by atoms with Crippen LogP contribution in [-0.2, 0) is 11.3 Å². The fourth-order valence-corrected chi connectivity index (χ4v) is 4.49. The Labute approximate surface area is 179 Å². The van der Waals surface area contributed by atoms with E-state index in [1.165, 1.54) is 0 Å². The monoisotopic (exact) mass is 438 g/mol. The second-order valence-corrected chi connectivity index (χ2v) is 9.59. The van der Waals surface area contributed by atoms with Crippen molar-refractivity contribution in [2.45, 2.75) is 77.3 Å². The second-order valence-electron chi connectivity index (χ2n) is 9.59. The summed E-state index contributed by atoms with van der Waals surface area (Å²) in [5.41, 5.74) is 0.182. The van der Waals surface area contributed by atoms with Crippen LogP contribution in [0.5, 0.6) is 0 Å². The number of anilines is 1. The number of halogens is 3. The van der Waals surface area contributed by atoms with Crippen LogP contribution in [0.2, 0.25) is 0 Å². The number of hydrogen-bond acceptors (Lipinski definition) is 4. The molecular weight excluding hydrogens is 409 g/mol. The van der Waals surface area contributed by atoms with Crippen molar-refractivity contribution in [3.05, 3.63) is 30.5 Å². The van der Waals surface area contributed by atoms with Crippen LogP contribution < -0.4 is 5.32 Å². The first-order valence-electron chi connectivity index (χ1n) is 10.7. The van der Waals surface area contributed by atoms with E-state index in [9.17, 15) is 18.0 Å². The zero-order chi connectivity index (χ0) is 22.4. The summed E-state index contributed by atoms with van der Waals surface area (Å²) in [5.74, 6) is 0.289. The molecule has 0 spiro atoms. The molecule has 4 rings (SSSR count). The largest absolute Gasteiger partial charge is 0.410 e. The molecule has 7 nitrogen and oxygen atoms in total.